The zero-order valence-corrected chi connectivity index (χ0v) is 14.0. The quantitative estimate of drug-likeness (QED) is 0.671. The molecule has 2 rings (SSSR count). The van der Waals surface area contributed by atoms with Crippen LogP contribution in [0, 0.1) is 5.82 Å². The van der Waals surface area contributed by atoms with Crippen LogP contribution >= 0.6 is 0 Å². The molecule has 0 fully saturated rings. The minimum Gasteiger partial charge on any atom is -0.508 e. The van der Waals surface area contributed by atoms with Crippen molar-refractivity contribution in [1.82, 2.24) is 5.32 Å². The van der Waals surface area contributed by atoms with Gasteiger partial charge in [0.2, 0.25) is 0 Å². The van der Waals surface area contributed by atoms with Crippen molar-refractivity contribution in [2.24, 2.45) is 0 Å². The predicted molar refractivity (Wildman–Crippen MR) is 92.2 cm³/mol. The summed E-state index contributed by atoms with van der Waals surface area (Å²) in [5, 5.41) is 21.3. The topological polar surface area (TPSA) is 95.9 Å². The van der Waals surface area contributed by atoms with Crippen LogP contribution in [0.2, 0.25) is 0 Å². The Morgan fingerprint density at radius 3 is 2.58 bits per heavy atom. The monoisotopic (exact) mass is 361 g/mol. The zero-order valence-electron chi connectivity index (χ0n) is 14.0. The van der Waals surface area contributed by atoms with Crippen LogP contribution in [0.4, 0.5) is 9.18 Å². The highest BCUT2D eigenvalue weighted by atomic mass is 19.1. The largest absolute Gasteiger partial charge is 0.508 e. The van der Waals surface area contributed by atoms with Gasteiger partial charge in [-0.15, -0.1) is 0 Å². The van der Waals surface area contributed by atoms with E-state index in [2.05, 4.69) is 5.32 Å². The molecule has 0 aromatic heterocycles. The normalized spacial score (nSPS) is 11.6. The number of halogens is 1. The summed E-state index contributed by atoms with van der Waals surface area (Å²) in [6.07, 6.45) is -0.692. The molecule has 0 aliphatic carbocycles. The summed E-state index contributed by atoms with van der Waals surface area (Å²) in [6.45, 7) is 0.0730. The lowest BCUT2D eigenvalue weighted by Crippen LogP contribution is -2.37. The fraction of sp³-hybridized carbons (Fsp3) is 0.263. The second-order valence-electron chi connectivity index (χ2n) is 5.81. The average molecular weight is 361 g/mol. The molecule has 1 atom stereocenters. The summed E-state index contributed by atoms with van der Waals surface area (Å²) < 4.78 is 18.5. The van der Waals surface area contributed by atoms with E-state index in [4.69, 9.17) is 9.84 Å². The molecule has 138 valence electrons. The number of phenols is 1. The Labute approximate surface area is 150 Å². The highest BCUT2D eigenvalue weighted by Gasteiger charge is 2.18. The third kappa shape index (κ3) is 6.43. The number of hydrogen-bond donors (Lipinski definition) is 3. The summed E-state index contributed by atoms with van der Waals surface area (Å²) in [6, 6.07) is 12.0. The summed E-state index contributed by atoms with van der Waals surface area (Å²) in [5.74, 6) is -1.66. The lowest BCUT2D eigenvalue weighted by atomic mass is 10.0. The van der Waals surface area contributed by atoms with E-state index in [-0.39, 0.29) is 37.2 Å². The lowest BCUT2D eigenvalue weighted by Gasteiger charge is -2.18. The van der Waals surface area contributed by atoms with Crippen molar-refractivity contribution in [3.05, 3.63) is 65.5 Å². The molecule has 1 amide bonds. The van der Waals surface area contributed by atoms with Gasteiger partial charge in [-0.25, -0.2) is 9.18 Å². The number of benzene rings is 2. The Morgan fingerprint density at radius 1 is 1.15 bits per heavy atom. The first-order valence-electron chi connectivity index (χ1n) is 8.10. The number of aromatic hydroxyl groups is 1. The molecule has 2 aromatic rings. The molecular weight excluding hydrogens is 341 g/mol. The molecule has 2 aromatic carbocycles. The van der Waals surface area contributed by atoms with E-state index in [0.717, 1.165) is 17.7 Å². The van der Waals surface area contributed by atoms with E-state index in [1.165, 1.54) is 6.07 Å². The maximum absolute atomic E-state index is 13.4. The van der Waals surface area contributed by atoms with Gasteiger partial charge >= 0.3 is 12.1 Å². The van der Waals surface area contributed by atoms with E-state index < -0.39 is 23.9 Å². The van der Waals surface area contributed by atoms with Crippen LogP contribution in [-0.2, 0) is 22.6 Å². The molecule has 3 N–H and O–H groups in total. The molecule has 0 radical (unpaired) electrons. The van der Waals surface area contributed by atoms with E-state index >= 15 is 0 Å². The molecule has 0 heterocycles. The Hall–Kier alpha value is -3.09. The number of carboxylic acid groups (broad SMARTS) is 1. The van der Waals surface area contributed by atoms with Crippen molar-refractivity contribution in [3.8, 4) is 5.75 Å². The molecule has 0 aliphatic rings. The SMILES string of the molecule is O=C(O)CCC(Cc1cc(F)ccc1O)NC(=O)OCc1ccccc1. The van der Waals surface area contributed by atoms with Crippen LogP contribution in [0.5, 0.6) is 5.75 Å². The van der Waals surface area contributed by atoms with Gasteiger partial charge in [0.05, 0.1) is 0 Å². The number of amides is 1. The van der Waals surface area contributed by atoms with Crippen LogP contribution in [0.15, 0.2) is 48.5 Å². The van der Waals surface area contributed by atoms with Gasteiger partial charge in [-0.1, -0.05) is 30.3 Å². The van der Waals surface area contributed by atoms with Crippen LogP contribution in [0.3, 0.4) is 0 Å². The van der Waals surface area contributed by atoms with Crippen molar-refractivity contribution in [2.45, 2.75) is 31.9 Å². The molecule has 26 heavy (non-hydrogen) atoms. The summed E-state index contributed by atoms with van der Waals surface area (Å²) in [7, 11) is 0. The Kier molecular flexibility index (Phi) is 6.96. The first-order chi connectivity index (χ1) is 12.4. The van der Waals surface area contributed by atoms with Gasteiger partial charge in [0.15, 0.2) is 0 Å². The maximum Gasteiger partial charge on any atom is 0.407 e. The number of aliphatic carboxylic acids is 1. The summed E-state index contributed by atoms with van der Waals surface area (Å²) in [5.41, 5.74) is 1.09. The van der Waals surface area contributed by atoms with Crippen LogP contribution in [-0.4, -0.2) is 28.3 Å². The van der Waals surface area contributed by atoms with Gasteiger partial charge < -0.3 is 20.3 Å². The van der Waals surface area contributed by atoms with Crippen molar-refractivity contribution in [3.63, 3.8) is 0 Å². The van der Waals surface area contributed by atoms with Crippen molar-refractivity contribution in [2.75, 3.05) is 0 Å². The Bertz CT molecular complexity index is 751. The number of carbonyl (C=O) groups is 2. The van der Waals surface area contributed by atoms with E-state index in [0.29, 0.717) is 0 Å². The molecule has 1 unspecified atom stereocenters. The zero-order chi connectivity index (χ0) is 18.9. The van der Waals surface area contributed by atoms with Gasteiger partial charge in [0, 0.05) is 12.5 Å². The summed E-state index contributed by atoms with van der Waals surface area (Å²) in [4.78, 5) is 22.8. The standard InChI is InChI=1S/C19H20FNO5/c20-15-6-8-17(22)14(10-15)11-16(7-9-18(23)24)21-19(25)26-12-13-4-2-1-3-5-13/h1-6,8,10,16,22H,7,9,11-12H2,(H,21,25)(H,23,24). The van der Waals surface area contributed by atoms with E-state index in [1.807, 2.05) is 18.2 Å². The van der Waals surface area contributed by atoms with Gasteiger partial charge in [0.1, 0.15) is 18.2 Å². The molecule has 7 heteroatoms. The Balaban J connectivity index is 1.98. The molecule has 0 saturated heterocycles. The number of carbonyl (C=O) groups excluding carboxylic acids is 1. The highest BCUT2D eigenvalue weighted by Crippen LogP contribution is 2.20. The fourth-order valence-electron chi connectivity index (χ4n) is 2.44. The number of phenolic OH excluding ortho intramolecular Hbond substituents is 1. The third-order valence-electron chi connectivity index (χ3n) is 3.75. The molecular formula is C19H20FNO5. The van der Waals surface area contributed by atoms with Crippen LogP contribution < -0.4 is 5.32 Å². The van der Waals surface area contributed by atoms with Crippen LogP contribution in [0.1, 0.15) is 24.0 Å². The minimum absolute atomic E-state index is 0.0730. The van der Waals surface area contributed by atoms with Crippen molar-refractivity contribution < 1.29 is 28.9 Å². The molecule has 0 spiro atoms. The number of rotatable bonds is 8. The second kappa shape index (κ2) is 9.41. The average Bonchev–Trinajstić information content (AvgIpc) is 2.62. The number of alkyl carbamates (subject to hydrolysis) is 1. The molecule has 6 nitrogen and oxygen atoms in total. The molecule has 0 saturated carbocycles. The number of ether oxygens (including phenoxy) is 1. The predicted octanol–water partition coefficient (Wildman–Crippen LogP) is 3.23. The Morgan fingerprint density at radius 2 is 1.88 bits per heavy atom. The number of carboxylic acids is 1. The van der Waals surface area contributed by atoms with Crippen LogP contribution in [0.25, 0.3) is 0 Å². The number of hydrogen-bond acceptors (Lipinski definition) is 4. The van der Waals surface area contributed by atoms with Crippen molar-refractivity contribution in [1.29, 1.82) is 0 Å². The maximum atomic E-state index is 13.4. The summed E-state index contributed by atoms with van der Waals surface area (Å²) >= 11 is 0. The minimum atomic E-state index is -1.02. The molecule has 0 aliphatic heterocycles. The lowest BCUT2D eigenvalue weighted by molar-refractivity contribution is -0.137. The third-order valence-corrected chi connectivity index (χ3v) is 3.75. The van der Waals surface area contributed by atoms with Gasteiger partial charge in [-0.3, -0.25) is 4.79 Å². The smallest absolute Gasteiger partial charge is 0.407 e. The van der Waals surface area contributed by atoms with Gasteiger partial charge in [-0.05, 0) is 42.2 Å². The van der Waals surface area contributed by atoms with E-state index in [1.54, 1.807) is 12.1 Å². The highest BCUT2D eigenvalue weighted by molar-refractivity contribution is 5.69. The molecule has 0 bridgehead atoms. The van der Waals surface area contributed by atoms with Gasteiger partial charge in [0.25, 0.3) is 0 Å². The van der Waals surface area contributed by atoms with Gasteiger partial charge in [-0.2, -0.15) is 0 Å². The van der Waals surface area contributed by atoms with Crippen molar-refractivity contribution >= 4 is 12.1 Å². The second-order valence-corrected chi connectivity index (χ2v) is 5.81. The number of nitrogens with one attached hydrogen (secondary N) is 1. The fourth-order valence-corrected chi connectivity index (χ4v) is 2.44. The first-order valence-corrected chi connectivity index (χ1v) is 8.10. The first kappa shape index (κ1) is 19.2. The van der Waals surface area contributed by atoms with E-state index in [9.17, 15) is 19.1 Å².